The van der Waals surface area contributed by atoms with Crippen LogP contribution in [-0.2, 0) is 12.7 Å². The van der Waals surface area contributed by atoms with Gasteiger partial charge in [0.25, 0.3) is 0 Å². The number of hydrogen-bond acceptors (Lipinski definition) is 2. The number of hydrogen-bond donors (Lipinski definition) is 1. The molecule has 2 aromatic rings. The number of anilines is 1. The van der Waals surface area contributed by atoms with Crippen LogP contribution in [0.1, 0.15) is 35.4 Å². The second-order valence-electron chi connectivity index (χ2n) is 6.36. The molecule has 1 aliphatic rings. The molecule has 0 amide bonds. The first-order valence-electron chi connectivity index (χ1n) is 8.29. The topological polar surface area (TPSA) is 29.3 Å². The lowest BCUT2D eigenvalue weighted by Crippen LogP contribution is -2.34. The number of piperidine rings is 1. The molecule has 134 valence electrons. The van der Waals surface area contributed by atoms with Crippen LogP contribution in [0.3, 0.4) is 0 Å². The van der Waals surface area contributed by atoms with E-state index in [4.69, 9.17) is 5.73 Å². The van der Waals surface area contributed by atoms with Crippen molar-refractivity contribution in [2.45, 2.75) is 31.5 Å². The van der Waals surface area contributed by atoms with Gasteiger partial charge >= 0.3 is 6.18 Å². The second-order valence-corrected chi connectivity index (χ2v) is 6.36. The van der Waals surface area contributed by atoms with Gasteiger partial charge in [-0.1, -0.05) is 18.2 Å². The lowest BCUT2D eigenvalue weighted by atomic mass is 9.89. The van der Waals surface area contributed by atoms with E-state index in [1.165, 1.54) is 24.3 Å². The number of nitrogens with two attached hydrogens (primary N) is 1. The Morgan fingerprint density at radius 3 is 2.20 bits per heavy atom. The van der Waals surface area contributed by atoms with Crippen molar-refractivity contribution < 1.29 is 17.6 Å². The van der Waals surface area contributed by atoms with E-state index >= 15 is 0 Å². The molecule has 1 fully saturated rings. The summed E-state index contributed by atoms with van der Waals surface area (Å²) in [6.07, 6.45) is -2.74. The Bertz CT molecular complexity index is 717. The van der Waals surface area contributed by atoms with Gasteiger partial charge in [0.2, 0.25) is 0 Å². The first-order chi connectivity index (χ1) is 11.9. The van der Waals surface area contributed by atoms with Crippen LogP contribution in [0.15, 0.2) is 42.5 Å². The van der Waals surface area contributed by atoms with Gasteiger partial charge in [-0.05, 0) is 54.2 Å². The summed E-state index contributed by atoms with van der Waals surface area (Å²) in [6.45, 7) is 1.50. The molecule has 0 radical (unpaired) electrons. The van der Waals surface area contributed by atoms with Crippen LogP contribution in [0.5, 0.6) is 0 Å². The molecule has 0 saturated carbocycles. The molecule has 1 saturated heterocycles. The summed E-state index contributed by atoms with van der Waals surface area (Å²) in [5.41, 5.74) is 7.41. The van der Waals surface area contributed by atoms with Crippen LogP contribution in [-0.4, -0.2) is 13.1 Å². The van der Waals surface area contributed by atoms with Gasteiger partial charge in [-0.3, -0.25) is 0 Å². The van der Waals surface area contributed by atoms with Crippen LogP contribution in [0.4, 0.5) is 23.2 Å². The van der Waals surface area contributed by atoms with Crippen molar-refractivity contribution in [2.75, 3.05) is 18.0 Å². The third-order valence-corrected chi connectivity index (χ3v) is 4.81. The zero-order chi connectivity index (χ0) is 18.0. The highest BCUT2D eigenvalue weighted by Gasteiger charge is 2.32. The van der Waals surface area contributed by atoms with Gasteiger partial charge in [-0.25, -0.2) is 4.39 Å². The fourth-order valence-electron chi connectivity index (χ4n) is 3.40. The minimum absolute atomic E-state index is 0.200. The maximum Gasteiger partial charge on any atom is 0.416 e. The molecule has 1 heterocycles. The molecule has 2 N–H and O–H groups in total. The Kier molecular flexibility index (Phi) is 4.99. The predicted molar refractivity (Wildman–Crippen MR) is 89.9 cm³/mol. The average Bonchev–Trinajstić information content (AvgIpc) is 2.61. The van der Waals surface area contributed by atoms with E-state index in [9.17, 15) is 17.6 Å². The van der Waals surface area contributed by atoms with Gasteiger partial charge < -0.3 is 10.6 Å². The van der Waals surface area contributed by atoms with Crippen molar-refractivity contribution in [3.05, 3.63) is 65.0 Å². The molecular formula is C19H20F4N2. The molecule has 0 atom stereocenters. The number of halogens is 4. The van der Waals surface area contributed by atoms with E-state index in [0.717, 1.165) is 24.5 Å². The first-order valence-corrected chi connectivity index (χ1v) is 8.29. The van der Waals surface area contributed by atoms with Crippen molar-refractivity contribution in [3.8, 4) is 0 Å². The summed E-state index contributed by atoms with van der Waals surface area (Å²) in [4.78, 5) is 1.97. The lowest BCUT2D eigenvalue weighted by molar-refractivity contribution is -0.137. The molecular weight excluding hydrogens is 332 g/mol. The van der Waals surface area contributed by atoms with Gasteiger partial charge in [-0.15, -0.1) is 0 Å². The maximum atomic E-state index is 13.0. The van der Waals surface area contributed by atoms with E-state index in [1.807, 2.05) is 4.90 Å². The summed E-state index contributed by atoms with van der Waals surface area (Å²) in [7, 11) is 0. The smallest absolute Gasteiger partial charge is 0.371 e. The van der Waals surface area contributed by atoms with E-state index in [2.05, 4.69) is 0 Å². The molecule has 2 nitrogen and oxygen atoms in total. The minimum atomic E-state index is -4.37. The third-order valence-electron chi connectivity index (χ3n) is 4.81. The molecule has 0 spiro atoms. The number of alkyl halides is 3. The maximum absolute atomic E-state index is 13.0. The quantitative estimate of drug-likeness (QED) is 0.812. The number of benzene rings is 2. The SMILES string of the molecule is NCc1ccc(C(F)(F)F)cc1N1CCC(c2ccc(F)cc2)CC1. The van der Waals surface area contributed by atoms with Gasteiger partial charge in [0.15, 0.2) is 0 Å². The predicted octanol–water partition coefficient (Wildman–Crippen LogP) is 4.69. The Labute approximate surface area is 144 Å². The largest absolute Gasteiger partial charge is 0.416 e. The van der Waals surface area contributed by atoms with Crippen LogP contribution < -0.4 is 10.6 Å². The number of nitrogens with zero attached hydrogens (tertiary/aromatic N) is 1. The number of rotatable bonds is 3. The molecule has 0 unspecified atom stereocenters. The molecule has 0 aromatic heterocycles. The molecule has 2 aromatic carbocycles. The minimum Gasteiger partial charge on any atom is -0.371 e. The zero-order valence-corrected chi connectivity index (χ0v) is 13.7. The van der Waals surface area contributed by atoms with Gasteiger partial charge in [0.05, 0.1) is 5.56 Å². The highest BCUT2D eigenvalue weighted by atomic mass is 19.4. The van der Waals surface area contributed by atoms with Gasteiger partial charge in [0, 0.05) is 25.3 Å². The first kappa shape index (κ1) is 17.7. The van der Waals surface area contributed by atoms with Crippen molar-refractivity contribution in [3.63, 3.8) is 0 Å². The average molecular weight is 352 g/mol. The highest BCUT2D eigenvalue weighted by molar-refractivity contribution is 5.56. The fraction of sp³-hybridized carbons (Fsp3) is 0.368. The molecule has 25 heavy (non-hydrogen) atoms. The van der Waals surface area contributed by atoms with Crippen molar-refractivity contribution in [1.82, 2.24) is 0 Å². The fourth-order valence-corrected chi connectivity index (χ4v) is 3.40. The van der Waals surface area contributed by atoms with Crippen molar-refractivity contribution in [2.24, 2.45) is 5.73 Å². The molecule has 6 heteroatoms. The summed E-state index contributed by atoms with van der Waals surface area (Å²) >= 11 is 0. The van der Waals surface area contributed by atoms with Gasteiger partial charge in [0.1, 0.15) is 5.82 Å². The standard InChI is InChI=1S/C19H20F4N2/c20-17-5-2-13(3-6-17)14-7-9-25(10-8-14)18-11-16(19(21,22)23)4-1-15(18)12-24/h1-6,11,14H,7-10,12,24H2. The monoisotopic (exact) mass is 352 g/mol. The zero-order valence-electron chi connectivity index (χ0n) is 13.7. The van der Waals surface area contributed by atoms with E-state index in [-0.39, 0.29) is 12.4 Å². The van der Waals surface area contributed by atoms with Crippen molar-refractivity contribution in [1.29, 1.82) is 0 Å². The van der Waals surface area contributed by atoms with E-state index in [1.54, 1.807) is 12.1 Å². The summed E-state index contributed by atoms with van der Waals surface area (Å²) in [6, 6.07) is 10.2. The Hall–Kier alpha value is -2.08. The Morgan fingerprint density at radius 1 is 1.00 bits per heavy atom. The molecule has 0 bridgehead atoms. The van der Waals surface area contributed by atoms with Crippen LogP contribution in [0, 0.1) is 5.82 Å². The van der Waals surface area contributed by atoms with E-state index < -0.39 is 11.7 Å². The summed E-state index contributed by atoms with van der Waals surface area (Å²) in [5.74, 6) is 0.0294. The third kappa shape index (κ3) is 3.95. The molecule has 3 rings (SSSR count). The van der Waals surface area contributed by atoms with Gasteiger partial charge in [-0.2, -0.15) is 13.2 Å². The summed E-state index contributed by atoms with van der Waals surface area (Å²) in [5, 5.41) is 0. The Balaban J connectivity index is 1.77. The molecule has 0 aliphatic carbocycles. The van der Waals surface area contributed by atoms with Crippen LogP contribution in [0.2, 0.25) is 0 Å². The lowest BCUT2D eigenvalue weighted by Gasteiger charge is -2.35. The van der Waals surface area contributed by atoms with Crippen molar-refractivity contribution >= 4 is 5.69 Å². The highest BCUT2D eigenvalue weighted by Crippen LogP contribution is 2.36. The normalized spacial score (nSPS) is 16.3. The van der Waals surface area contributed by atoms with Crippen LogP contribution >= 0.6 is 0 Å². The molecule has 1 aliphatic heterocycles. The second kappa shape index (κ2) is 7.04. The van der Waals surface area contributed by atoms with E-state index in [0.29, 0.717) is 30.3 Å². The van der Waals surface area contributed by atoms with Crippen LogP contribution in [0.25, 0.3) is 0 Å². The Morgan fingerprint density at radius 2 is 1.64 bits per heavy atom. The summed E-state index contributed by atoms with van der Waals surface area (Å²) < 4.78 is 52.1.